The van der Waals surface area contributed by atoms with Gasteiger partial charge >= 0.3 is 6.09 Å². The molecule has 2 amide bonds. The van der Waals surface area contributed by atoms with E-state index < -0.39 is 23.8 Å². The van der Waals surface area contributed by atoms with Crippen LogP contribution in [0.5, 0.6) is 0 Å². The van der Waals surface area contributed by atoms with Crippen molar-refractivity contribution in [3.63, 3.8) is 0 Å². The van der Waals surface area contributed by atoms with E-state index in [0.717, 1.165) is 6.42 Å². The van der Waals surface area contributed by atoms with Gasteiger partial charge in [-0.2, -0.15) is 0 Å². The number of amides is 2. The normalized spacial score (nSPS) is 40.0. The van der Waals surface area contributed by atoms with Crippen molar-refractivity contribution in [2.75, 3.05) is 26.8 Å². The molecule has 3 fully saturated rings. The van der Waals surface area contributed by atoms with Crippen LogP contribution in [0.25, 0.3) is 0 Å². The van der Waals surface area contributed by atoms with Gasteiger partial charge in [0, 0.05) is 20.2 Å². The lowest BCUT2D eigenvalue weighted by Crippen LogP contribution is -2.60. The molecule has 3 aliphatic rings. The first-order chi connectivity index (χ1) is 11.8. The van der Waals surface area contributed by atoms with Gasteiger partial charge in [-0.1, -0.05) is 19.6 Å². The van der Waals surface area contributed by atoms with Crippen molar-refractivity contribution >= 4 is 12.0 Å². The molecule has 7 nitrogen and oxygen atoms in total. The van der Waals surface area contributed by atoms with Crippen LogP contribution in [-0.2, 0) is 19.0 Å². The Kier molecular flexibility index (Phi) is 4.81. The second-order valence-electron chi connectivity index (χ2n) is 7.49. The molecule has 0 aromatic heterocycles. The lowest BCUT2D eigenvalue weighted by atomic mass is 9.77. The van der Waals surface area contributed by atoms with E-state index >= 15 is 0 Å². The van der Waals surface area contributed by atoms with Crippen LogP contribution in [0.1, 0.15) is 27.2 Å². The molecule has 3 saturated heterocycles. The second kappa shape index (κ2) is 6.61. The lowest BCUT2D eigenvalue weighted by molar-refractivity contribution is -0.160. The first-order valence-corrected chi connectivity index (χ1v) is 8.94. The van der Waals surface area contributed by atoms with E-state index in [2.05, 4.69) is 13.5 Å². The highest BCUT2D eigenvalue weighted by atomic mass is 16.6. The predicted octanol–water partition coefficient (Wildman–Crippen LogP) is 1.63. The summed E-state index contributed by atoms with van der Waals surface area (Å²) in [5, 5.41) is 0. The first-order valence-electron chi connectivity index (χ1n) is 8.94. The third-order valence-corrected chi connectivity index (χ3v) is 5.52. The fraction of sp³-hybridized carbons (Fsp3) is 0.778. The molecule has 0 spiro atoms. The highest BCUT2D eigenvalue weighted by Gasteiger charge is 2.66. The minimum Gasteiger partial charge on any atom is -0.445 e. The van der Waals surface area contributed by atoms with E-state index in [1.807, 2.05) is 13.8 Å². The zero-order valence-electron chi connectivity index (χ0n) is 15.4. The monoisotopic (exact) mass is 352 g/mol. The zero-order valence-corrected chi connectivity index (χ0v) is 15.4. The lowest BCUT2D eigenvalue weighted by Gasteiger charge is -2.46. The molecular weight excluding hydrogens is 324 g/mol. The van der Waals surface area contributed by atoms with Crippen molar-refractivity contribution in [3.8, 4) is 0 Å². The van der Waals surface area contributed by atoms with Gasteiger partial charge in [-0.25, -0.2) is 4.79 Å². The number of ether oxygens (including phenoxy) is 3. The van der Waals surface area contributed by atoms with Gasteiger partial charge in [-0.15, -0.1) is 0 Å². The summed E-state index contributed by atoms with van der Waals surface area (Å²) in [6.07, 6.45) is 1.14. The van der Waals surface area contributed by atoms with Crippen LogP contribution in [0, 0.1) is 11.8 Å². The minimum atomic E-state index is -0.577. The van der Waals surface area contributed by atoms with Crippen molar-refractivity contribution in [2.45, 2.75) is 51.2 Å². The molecule has 0 aromatic rings. The van der Waals surface area contributed by atoms with E-state index in [1.165, 1.54) is 6.08 Å². The first kappa shape index (κ1) is 18.2. The molecule has 0 N–H and O–H groups in total. The number of nitrogens with zero attached hydrogens (tertiary/aromatic N) is 2. The molecule has 0 saturated carbocycles. The van der Waals surface area contributed by atoms with Crippen LogP contribution in [0.4, 0.5) is 4.79 Å². The van der Waals surface area contributed by atoms with Gasteiger partial charge in [-0.3, -0.25) is 4.79 Å². The maximum atomic E-state index is 12.9. The number of piperidine rings is 1. The Hall–Kier alpha value is -1.60. The van der Waals surface area contributed by atoms with Gasteiger partial charge in [0.2, 0.25) is 5.91 Å². The molecule has 0 aromatic carbocycles. The van der Waals surface area contributed by atoms with E-state index in [9.17, 15) is 9.59 Å². The number of carbonyl (C=O) groups excluding carboxylic acids is 2. The molecule has 7 heteroatoms. The van der Waals surface area contributed by atoms with E-state index in [-0.39, 0.29) is 30.6 Å². The van der Waals surface area contributed by atoms with Crippen LogP contribution >= 0.6 is 0 Å². The summed E-state index contributed by atoms with van der Waals surface area (Å²) in [6.45, 7) is 10.8. The van der Waals surface area contributed by atoms with Gasteiger partial charge in [0.1, 0.15) is 12.7 Å². The topological polar surface area (TPSA) is 68.3 Å². The van der Waals surface area contributed by atoms with Crippen molar-refractivity contribution < 1.29 is 23.8 Å². The maximum Gasteiger partial charge on any atom is 0.410 e. The Labute approximate surface area is 148 Å². The predicted molar refractivity (Wildman–Crippen MR) is 90.8 cm³/mol. The molecule has 3 rings (SSSR count). The molecular formula is C18H28N2O5. The number of likely N-dealkylation sites (N-methyl/N-ethyl adjacent to an activating group) is 1. The Bertz CT molecular complexity index is 568. The highest BCUT2D eigenvalue weighted by molar-refractivity contribution is 5.84. The number of likely N-dealkylation sites (tertiary alicyclic amines) is 2. The molecule has 0 radical (unpaired) electrons. The molecule has 6 atom stereocenters. The third kappa shape index (κ3) is 2.83. The van der Waals surface area contributed by atoms with Gasteiger partial charge in [0.25, 0.3) is 0 Å². The number of fused-ring (bicyclic) bond motifs is 3. The van der Waals surface area contributed by atoms with Crippen LogP contribution < -0.4 is 0 Å². The number of hydrogen-bond donors (Lipinski definition) is 0. The Morgan fingerprint density at radius 3 is 2.88 bits per heavy atom. The average Bonchev–Trinajstić information content (AvgIpc) is 2.97. The molecule has 3 aliphatic heterocycles. The van der Waals surface area contributed by atoms with Crippen LogP contribution in [0.15, 0.2) is 12.7 Å². The van der Waals surface area contributed by atoms with E-state index in [1.54, 1.807) is 16.8 Å². The van der Waals surface area contributed by atoms with E-state index in [0.29, 0.717) is 13.2 Å². The SMILES string of the molecule is C=CCOC(=O)N1C[C@H](C)C[C@]2(C)O[C@H]3[C@H](C(=O)N(C)[C@@H]3OCC)[C@H]12. The molecule has 3 heterocycles. The third-order valence-electron chi connectivity index (χ3n) is 5.52. The van der Waals surface area contributed by atoms with Gasteiger partial charge in [-0.05, 0) is 26.2 Å². The number of carbonyl (C=O) groups is 2. The van der Waals surface area contributed by atoms with Crippen molar-refractivity contribution in [1.29, 1.82) is 0 Å². The summed E-state index contributed by atoms with van der Waals surface area (Å²) in [5.74, 6) is -0.196. The quantitative estimate of drug-likeness (QED) is 0.720. The van der Waals surface area contributed by atoms with Crippen molar-refractivity contribution in [2.24, 2.45) is 11.8 Å². The summed E-state index contributed by atoms with van der Waals surface area (Å²) in [5.41, 5.74) is -0.577. The second-order valence-corrected chi connectivity index (χ2v) is 7.49. The Morgan fingerprint density at radius 1 is 1.52 bits per heavy atom. The van der Waals surface area contributed by atoms with Crippen LogP contribution in [-0.4, -0.2) is 72.6 Å². The zero-order chi connectivity index (χ0) is 18.4. The summed E-state index contributed by atoms with van der Waals surface area (Å²) in [6, 6.07) is -0.341. The van der Waals surface area contributed by atoms with Crippen LogP contribution in [0.2, 0.25) is 0 Å². The molecule has 0 aliphatic carbocycles. The Morgan fingerprint density at radius 2 is 2.24 bits per heavy atom. The molecule has 140 valence electrons. The highest BCUT2D eigenvalue weighted by Crippen LogP contribution is 2.50. The molecule has 0 bridgehead atoms. The summed E-state index contributed by atoms with van der Waals surface area (Å²) >= 11 is 0. The van der Waals surface area contributed by atoms with Crippen molar-refractivity contribution in [1.82, 2.24) is 9.80 Å². The van der Waals surface area contributed by atoms with Gasteiger partial charge < -0.3 is 24.0 Å². The minimum absolute atomic E-state index is 0.0340. The van der Waals surface area contributed by atoms with Crippen molar-refractivity contribution in [3.05, 3.63) is 12.7 Å². The largest absolute Gasteiger partial charge is 0.445 e. The molecule has 25 heavy (non-hydrogen) atoms. The molecule has 0 unspecified atom stereocenters. The maximum absolute atomic E-state index is 12.9. The van der Waals surface area contributed by atoms with Gasteiger partial charge in [0.15, 0.2) is 6.23 Å². The van der Waals surface area contributed by atoms with E-state index in [4.69, 9.17) is 14.2 Å². The fourth-order valence-electron chi connectivity index (χ4n) is 4.78. The van der Waals surface area contributed by atoms with Crippen LogP contribution in [0.3, 0.4) is 0 Å². The van der Waals surface area contributed by atoms with Gasteiger partial charge in [0.05, 0.1) is 17.6 Å². The standard InChI is InChI=1S/C18H28N2O5/c1-6-8-24-17(22)20-10-11(3)9-18(4)14(20)12-13(25-18)16(23-7-2)19(5)15(12)21/h6,11-14,16H,1,7-10H2,2-5H3/t11-,12+,13+,14+,16-,18+/m1/s1. The average molecular weight is 352 g/mol. The summed E-state index contributed by atoms with van der Waals surface area (Å²) < 4.78 is 17.4. The summed E-state index contributed by atoms with van der Waals surface area (Å²) in [7, 11) is 1.73. The number of rotatable bonds is 4. The number of hydrogen-bond acceptors (Lipinski definition) is 5. The fourth-order valence-corrected chi connectivity index (χ4v) is 4.78. The smallest absolute Gasteiger partial charge is 0.410 e. The Balaban J connectivity index is 1.93. The summed E-state index contributed by atoms with van der Waals surface area (Å²) in [4.78, 5) is 28.8.